The number of rotatable bonds is 1. The van der Waals surface area contributed by atoms with E-state index in [1.54, 1.807) is 6.07 Å². The van der Waals surface area contributed by atoms with Crippen LogP contribution in [-0.4, -0.2) is 25.7 Å². The van der Waals surface area contributed by atoms with Gasteiger partial charge in [-0.3, -0.25) is 4.79 Å². The molecular formula is C8H4ClN3O3S. The van der Waals surface area contributed by atoms with E-state index in [4.69, 9.17) is 16.7 Å². The summed E-state index contributed by atoms with van der Waals surface area (Å²) >= 11 is 6.79. The predicted octanol–water partition coefficient (Wildman–Crippen LogP) is 1.37. The van der Waals surface area contributed by atoms with Crippen molar-refractivity contribution < 1.29 is 14.7 Å². The predicted molar refractivity (Wildman–Crippen MR) is 58.7 cm³/mol. The number of fused-ring (bicyclic) bond motifs is 1. The number of nitrogens with one attached hydrogen (secondary N) is 1. The van der Waals surface area contributed by atoms with E-state index in [-0.39, 0.29) is 10.7 Å². The quantitative estimate of drug-likeness (QED) is 0.753. The Labute approximate surface area is 98.2 Å². The van der Waals surface area contributed by atoms with Crippen molar-refractivity contribution in [1.82, 2.24) is 8.75 Å². The second kappa shape index (κ2) is 4.03. The summed E-state index contributed by atoms with van der Waals surface area (Å²) in [6.07, 6.45) is 0. The van der Waals surface area contributed by atoms with Crippen molar-refractivity contribution >= 4 is 51.9 Å². The maximum atomic E-state index is 11.0. The molecule has 0 aliphatic heterocycles. The van der Waals surface area contributed by atoms with Crippen molar-refractivity contribution in [2.45, 2.75) is 0 Å². The van der Waals surface area contributed by atoms with E-state index in [0.29, 0.717) is 11.0 Å². The molecule has 0 unspecified atom stereocenters. The molecular weight excluding hydrogens is 254 g/mol. The van der Waals surface area contributed by atoms with Gasteiger partial charge in [-0.1, -0.05) is 11.6 Å². The van der Waals surface area contributed by atoms with E-state index in [1.165, 1.54) is 6.07 Å². The van der Waals surface area contributed by atoms with E-state index < -0.39 is 11.9 Å². The second-order valence-electron chi connectivity index (χ2n) is 2.81. The number of carbonyl (C=O) groups is 2. The third-order valence-electron chi connectivity index (χ3n) is 1.81. The average molecular weight is 258 g/mol. The lowest BCUT2D eigenvalue weighted by Gasteiger charge is -2.04. The van der Waals surface area contributed by atoms with Crippen LogP contribution in [0.4, 0.5) is 5.69 Å². The Bertz CT molecular complexity index is 583. The fourth-order valence-corrected chi connectivity index (χ4v) is 1.86. The molecule has 0 spiro atoms. The van der Waals surface area contributed by atoms with Crippen LogP contribution in [0.1, 0.15) is 0 Å². The number of nitrogens with zero attached hydrogens (tertiary/aromatic N) is 2. The Morgan fingerprint density at radius 2 is 2.12 bits per heavy atom. The van der Waals surface area contributed by atoms with Gasteiger partial charge in [-0.2, -0.15) is 8.75 Å². The number of amides is 1. The number of carboxylic acids is 1. The highest BCUT2D eigenvalue weighted by molar-refractivity contribution is 7.00. The van der Waals surface area contributed by atoms with Crippen LogP contribution in [-0.2, 0) is 9.59 Å². The SMILES string of the molecule is O=C(O)C(=O)Nc1c(Cl)ccc2nsnc12. The average Bonchev–Trinajstić information content (AvgIpc) is 2.70. The van der Waals surface area contributed by atoms with Gasteiger partial charge in [-0.15, -0.1) is 0 Å². The van der Waals surface area contributed by atoms with Gasteiger partial charge in [-0.25, -0.2) is 4.79 Å². The Hall–Kier alpha value is -1.73. The maximum Gasteiger partial charge on any atom is 0.394 e. The number of carbonyl (C=O) groups excluding carboxylic acids is 1. The molecule has 16 heavy (non-hydrogen) atoms. The number of anilines is 1. The summed E-state index contributed by atoms with van der Waals surface area (Å²) in [4.78, 5) is 21.4. The summed E-state index contributed by atoms with van der Waals surface area (Å²) in [5.74, 6) is -2.75. The lowest BCUT2D eigenvalue weighted by molar-refractivity contribution is -0.147. The molecule has 0 saturated heterocycles. The first-order valence-corrected chi connectivity index (χ1v) is 5.15. The molecule has 6 nitrogen and oxygen atoms in total. The summed E-state index contributed by atoms with van der Waals surface area (Å²) in [6, 6.07) is 3.15. The monoisotopic (exact) mass is 257 g/mol. The minimum absolute atomic E-state index is 0.167. The number of hydrogen-bond donors (Lipinski definition) is 2. The van der Waals surface area contributed by atoms with Crippen LogP contribution in [0.25, 0.3) is 11.0 Å². The Morgan fingerprint density at radius 3 is 2.81 bits per heavy atom. The first kappa shape index (κ1) is 10.8. The van der Waals surface area contributed by atoms with E-state index in [2.05, 4.69) is 14.1 Å². The number of aliphatic carboxylic acids is 1. The molecule has 0 atom stereocenters. The van der Waals surface area contributed by atoms with Crippen LogP contribution in [0.3, 0.4) is 0 Å². The van der Waals surface area contributed by atoms with Crippen molar-refractivity contribution in [3.05, 3.63) is 17.2 Å². The lowest BCUT2D eigenvalue weighted by atomic mass is 10.2. The minimum atomic E-state index is -1.59. The molecule has 2 rings (SSSR count). The number of halogens is 1. The van der Waals surface area contributed by atoms with Crippen molar-refractivity contribution in [2.75, 3.05) is 5.32 Å². The molecule has 1 aromatic heterocycles. The van der Waals surface area contributed by atoms with Gasteiger partial charge in [0.05, 0.1) is 22.4 Å². The third-order valence-corrected chi connectivity index (χ3v) is 2.67. The first-order valence-electron chi connectivity index (χ1n) is 4.04. The minimum Gasteiger partial charge on any atom is -0.474 e. The normalized spacial score (nSPS) is 10.3. The fraction of sp³-hybridized carbons (Fsp3) is 0. The van der Waals surface area contributed by atoms with Gasteiger partial charge < -0.3 is 10.4 Å². The highest BCUT2D eigenvalue weighted by Gasteiger charge is 2.16. The summed E-state index contributed by atoms with van der Waals surface area (Å²) < 4.78 is 7.88. The molecule has 0 radical (unpaired) electrons. The van der Waals surface area contributed by atoms with E-state index in [0.717, 1.165) is 11.7 Å². The molecule has 1 amide bonds. The van der Waals surface area contributed by atoms with Crippen LogP contribution in [0.15, 0.2) is 12.1 Å². The van der Waals surface area contributed by atoms with Gasteiger partial charge in [-0.05, 0) is 12.1 Å². The largest absolute Gasteiger partial charge is 0.474 e. The van der Waals surface area contributed by atoms with Crippen molar-refractivity contribution in [2.24, 2.45) is 0 Å². The van der Waals surface area contributed by atoms with Crippen LogP contribution < -0.4 is 5.32 Å². The standard InChI is InChI=1S/C8H4ClN3O3S/c9-3-1-2-4-6(12-16-11-4)5(3)10-7(13)8(14)15/h1-2H,(H,10,13)(H,14,15). The highest BCUT2D eigenvalue weighted by atomic mass is 35.5. The van der Waals surface area contributed by atoms with Crippen LogP contribution in [0.2, 0.25) is 5.02 Å². The number of hydrogen-bond acceptors (Lipinski definition) is 5. The zero-order valence-electron chi connectivity index (χ0n) is 7.60. The fourth-order valence-electron chi connectivity index (χ4n) is 1.11. The van der Waals surface area contributed by atoms with E-state index in [9.17, 15) is 9.59 Å². The lowest BCUT2D eigenvalue weighted by Crippen LogP contribution is -2.22. The summed E-state index contributed by atoms with van der Waals surface area (Å²) in [7, 11) is 0. The summed E-state index contributed by atoms with van der Waals surface area (Å²) in [6.45, 7) is 0. The highest BCUT2D eigenvalue weighted by Crippen LogP contribution is 2.29. The molecule has 82 valence electrons. The third kappa shape index (κ3) is 1.82. The van der Waals surface area contributed by atoms with Gasteiger partial charge in [0.1, 0.15) is 11.0 Å². The topological polar surface area (TPSA) is 92.2 Å². The number of benzene rings is 1. The molecule has 2 aromatic rings. The van der Waals surface area contributed by atoms with Crippen LogP contribution >= 0.6 is 23.3 Å². The zero-order valence-corrected chi connectivity index (χ0v) is 9.17. The van der Waals surface area contributed by atoms with Crippen molar-refractivity contribution in [3.63, 3.8) is 0 Å². The van der Waals surface area contributed by atoms with Crippen LogP contribution in [0.5, 0.6) is 0 Å². The molecule has 0 saturated carbocycles. The Kier molecular flexibility index (Phi) is 2.71. The molecule has 0 bridgehead atoms. The molecule has 1 heterocycles. The number of aromatic nitrogens is 2. The van der Waals surface area contributed by atoms with Crippen molar-refractivity contribution in [1.29, 1.82) is 0 Å². The Balaban J connectivity index is 2.50. The first-order chi connectivity index (χ1) is 7.59. The summed E-state index contributed by atoms with van der Waals surface area (Å²) in [5.41, 5.74) is 1.10. The van der Waals surface area contributed by atoms with Gasteiger partial charge in [0, 0.05) is 0 Å². The van der Waals surface area contributed by atoms with Gasteiger partial charge >= 0.3 is 11.9 Å². The molecule has 0 aliphatic rings. The maximum absolute atomic E-state index is 11.0. The Morgan fingerprint density at radius 1 is 1.38 bits per heavy atom. The van der Waals surface area contributed by atoms with Gasteiger partial charge in [0.25, 0.3) is 0 Å². The summed E-state index contributed by atoms with van der Waals surface area (Å²) in [5, 5.41) is 10.9. The van der Waals surface area contributed by atoms with E-state index >= 15 is 0 Å². The smallest absolute Gasteiger partial charge is 0.394 e. The molecule has 8 heteroatoms. The van der Waals surface area contributed by atoms with Crippen LogP contribution in [0, 0.1) is 0 Å². The van der Waals surface area contributed by atoms with E-state index in [1.807, 2.05) is 0 Å². The molecule has 1 aromatic carbocycles. The van der Waals surface area contributed by atoms with Gasteiger partial charge in [0.15, 0.2) is 0 Å². The van der Waals surface area contributed by atoms with Gasteiger partial charge in [0.2, 0.25) is 0 Å². The van der Waals surface area contributed by atoms with Crippen molar-refractivity contribution in [3.8, 4) is 0 Å². The molecule has 0 aliphatic carbocycles. The second-order valence-corrected chi connectivity index (χ2v) is 3.75. The number of carboxylic acid groups (broad SMARTS) is 1. The molecule has 2 N–H and O–H groups in total. The molecule has 0 fully saturated rings. The zero-order chi connectivity index (χ0) is 11.7.